The van der Waals surface area contributed by atoms with Crippen LogP contribution in [-0.2, 0) is 14.2 Å². The van der Waals surface area contributed by atoms with Gasteiger partial charge in [-0.2, -0.15) is 5.10 Å². The molecule has 0 amide bonds. The zero-order valence-electron chi connectivity index (χ0n) is 23.9. The van der Waals surface area contributed by atoms with E-state index < -0.39 is 42.6 Å². The van der Waals surface area contributed by atoms with Crippen LogP contribution in [0.2, 0.25) is 10.0 Å². The summed E-state index contributed by atoms with van der Waals surface area (Å²) in [5, 5.41) is 26.0. The van der Waals surface area contributed by atoms with Crippen LogP contribution >= 0.6 is 34.5 Å². The Labute approximate surface area is 275 Å². The van der Waals surface area contributed by atoms with Gasteiger partial charge in [0, 0.05) is 11.1 Å². The Morgan fingerprint density at radius 3 is 2.74 bits per heavy atom. The molecule has 0 aliphatic carbocycles. The highest BCUT2D eigenvalue weighted by Gasteiger charge is 2.52. The Balaban J connectivity index is 1.18. The molecule has 0 saturated carbocycles. The van der Waals surface area contributed by atoms with Crippen LogP contribution in [0.15, 0.2) is 73.2 Å². The number of hydrogen-bond acceptors (Lipinski definition) is 10. The molecule has 3 aromatic carbocycles. The van der Waals surface area contributed by atoms with Crippen molar-refractivity contribution in [2.45, 2.75) is 43.7 Å². The molecule has 234 valence electrons. The van der Waals surface area contributed by atoms with E-state index in [1.807, 2.05) is 55.5 Å². The monoisotopic (exact) mass is 679 g/mol. The summed E-state index contributed by atoms with van der Waals surface area (Å²) in [5.41, 5.74) is 3.14. The minimum absolute atomic E-state index is 0.0434. The van der Waals surface area contributed by atoms with Gasteiger partial charge in [0.15, 0.2) is 12.1 Å². The number of ether oxygens (including phenoxy) is 3. The number of halogens is 3. The molecule has 1 unspecified atom stereocenters. The fourth-order valence-electron chi connectivity index (χ4n) is 5.97. The summed E-state index contributed by atoms with van der Waals surface area (Å²) in [6.45, 7) is 2.13. The molecule has 11 nitrogen and oxygen atoms in total. The summed E-state index contributed by atoms with van der Waals surface area (Å²) in [6, 6.07) is 17.2. The number of aromatic nitrogens is 7. The summed E-state index contributed by atoms with van der Waals surface area (Å²) in [5.74, 6) is -0.303. The van der Waals surface area contributed by atoms with Crippen LogP contribution < -0.4 is 0 Å². The molecule has 5 heterocycles. The van der Waals surface area contributed by atoms with E-state index in [-0.39, 0.29) is 16.7 Å². The number of fused-ring (bicyclic) bond motifs is 2. The van der Waals surface area contributed by atoms with Gasteiger partial charge in [-0.1, -0.05) is 58.7 Å². The van der Waals surface area contributed by atoms with Gasteiger partial charge in [0.25, 0.3) is 0 Å². The molecule has 6 aromatic rings. The van der Waals surface area contributed by atoms with Gasteiger partial charge >= 0.3 is 0 Å². The van der Waals surface area contributed by atoms with E-state index in [9.17, 15) is 9.50 Å². The van der Waals surface area contributed by atoms with Gasteiger partial charge in [-0.3, -0.25) is 0 Å². The first-order chi connectivity index (χ1) is 22.3. The van der Waals surface area contributed by atoms with Crippen molar-refractivity contribution in [2.24, 2.45) is 0 Å². The lowest BCUT2D eigenvalue weighted by atomic mass is 9.91. The van der Waals surface area contributed by atoms with Crippen molar-refractivity contribution in [1.29, 1.82) is 0 Å². The van der Waals surface area contributed by atoms with Crippen molar-refractivity contribution in [1.82, 2.24) is 34.7 Å². The molecule has 0 spiro atoms. The summed E-state index contributed by atoms with van der Waals surface area (Å²) in [6.07, 6.45) is -1.20. The maximum absolute atomic E-state index is 14.5. The van der Waals surface area contributed by atoms with E-state index in [1.54, 1.807) is 22.2 Å². The zero-order valence-corrected chi connectivity index (χ0v) is 26.3. The molecule has 0 radical (unpaired) electrons. The van der Waals surface area contributed by atoms with E-state index >= 15 is 0 Å². The van der Waals surface area contributed by atoms with E-state index in [4.69, 9.17) is 37.4 Å². The van der Waals surface area contributed by atoms with E-state index in [1.165, 1.54) is 23.1 Å². The molecule has 0 bridgehead atoms. The van der Waals surface area contributed by atoms with Gasteiger partial charge in [0.2, 0.25) is 0 Å². The third-order valence-corrected chi connectivity index (χ3v) is 9.81. The van der Waals surface area contributed by atoms with Crippen LogP contribution in [0.25, 0.3) is 27.2 Å². The van der Waals surface area contributed by atoms with E-state index in [0.717, 1.165) is 26.5 Å². The fourth-order valence-corrected chi connectivity index (χ4v) is 7.15. The first-order valence-corrected chi connectivity index (χ1v) is 15.9. The zero-order chi connectivity index (χ0) is 31.5. The highest BCUT2D eigenvalue weighted by Crippen LogP contribution is 2.44. The Morgan fingerprint density at radius 2 is 1.91 bits per heavy atom. The van der Waals surface area contributed by atoms with Crippen LogP contribution in [0, 0.1) is 12.7 Å². The Kier molecular flexibility index (Phi) is 7.56. The minimum Gasteiger partial charge on any atom is -0.388 e. The second-order valence-electron chi connectivity index (χ2n) is 11.0. The summed E-state index contributed by atoms with van der Waals surface area (Å²) in [4.78, 5) is 9.06. The number of aliphatic hydroxyl groups is 1. The first kappa shape index (κ1) is 29.6. The second-order valence-corrected chi connectivity index (χ2v) is 13.0. The van der Waals surface area contributed by atoms with Crippen molar-refractivity contribution in [3.05, 3.63) is 105 Å². The molecular formula is C31H24Cl2FN7O4S. The van der Waals surface area contributed by atoms with E-state index in [2.05, 4.69) is 25.4 Å². The predicted molar refractivity (Wildman–Crippen MR) is 167 cm³/mol. The third kappa shape index (κ3) is 5.17. The largest absolute Gasteiger partial charge is 0.388 e. The normalized spacial score (nSPS) is 24.7. The molecule has 2 aliphatic heterocycles. The topological polar surface area (TPSA) is 122 Å². The number of aliphatic hydroxyl groups excluding tert-OH is 1. The van der Waals surface area contributed by atoms with Crippen molar-refractivity contribution in [3.8, 4) is 16.9 Å². The highest BCUT2D eigenvalue weighted by molar-refractivity contribution is 7.18. The number of aryl methyl sites for hydroxylation is 1. The van der Waals surface area contributed by atoms with Gasteiger partial charge in [-0.05, 0) is 37.3 Å². The predicted octanol–water partition coefficient (Wildman–Crippen LogP) is 6.05. The van der Waals surface area contributed by atoms with Crippen LogP contribution in [0.1, 0.15) is 34.8 Å². The smallest absolute Gasteiger partial charge is 0.184 e. The molecule has 8 rings (SSSR count). The van der Waals surface area contributed by atoms with Gasteiger partial charge in [0.1, 0.15) is 48.3 Å². The van der Waals surface area contributed by atoms with Gasteiger partial charge in [-0.25, -0.2) is 23.7 Å². The number of nitrogens with zero attached hydrogens (tertiary/aromatic N) is 7. The lowest BCUT2D eigenvalue weighted by molar-refractivity contribution is -0.319. The maximum Gasteiger partial charge on any atom is 0.184 e. The number of hydrogen-bond donors (Lipinski definition) is 1. The molecular weight excluding hydrogens is 656 g/mol. The second kappa shape index (κ2) is 11.8. The summed E-state index contributed by atoms with van der Waals surface area (Å²) < 4.78 is 37.7. The Bertz CT molecular complexity index is 2030. The van der Waals surface area contributed by atoms with Crippen molar-refractivity contribution >= 4 is 44.8 Å². The molecule has 15 heteroatoms. The molecule has 46 heavy (non-hydrogen) atoms. The van der Waals surface area contributed by atoms with Gasteiger partial charge in [-0.15, -0.1) is 16.4 Å². The average Bonchev–Trinajstić information content (AvgIpc) is 3.82. The molecule has 1 N–H and O–H groups in total. The van der Waals surface area contributed by atoms with Crippen molar-refractivity contribution < 1.29 is 23.7 Å². The molecule has 3 aromatic heterocycles. The van der Waals surface area contributed by atoms with Gasteiger partial charge in [0.05, 0.1) is 43.8 Å². The van der Waals surface area contributed by atoms with Crippen LogP contribution in [-0.4, -0.2) is 64.8 Å². The number of rotatable bonds is 5. The van der Waals surface area contributed by atoms with Crippen LogP contribution in [0.5, 0.6) is 0 Å². The van der Waals surface area contributed by atoms with E-state index in [0.29, 0.717) is 17.1 Å². The first-order valence-electron chi connectivity index (χ1n) is 14.3. The quantitative estimate of drug-likeness (QED) is 0.217. The number of thiazole rings is 1. The number of benzene rings is 3. The standard InChI is InChI=1S/C31H24Cl2FN7O4S/c1-15-37-21-8-7-18(11-24(21)46-15)41-30(35-14-36-41)29-27(42)26(28-23(44-29)13-43-31(45-28)16-5-3-2-4-6-16)40-12-22(38-39-40)17-9-19(32)25(33)20(34)10-17/h2-12,14,23,26-29,31,42H,13H2,1H3/t23-,26-,27-,28+,29-,31?/m1/s1. The summed E-state index contributed by atoms with van der Waals surface area (Å²) in [7, 11) is 0. The third-order valence-electron chi connectivity index (χ3n) is 8.10. The average molecular weight is 681 g/mol. The Hall–Kier alpha value is -3.82. The minimum atomic E-state index is -1.23. The van der Waals surface area contributed by atoms with Crippen molar-refractivity contribution in [2.75, 3.05) is 6.61 Å². The lowest BCUT2D eigenvalue weighted by Crippen LogP contribution is -2.57. The summed E-state index contributed by atoms with van der Waals surface area (Å²) >= 11 is 13.7. The highest BCUT2D eigenvalue weighted by atomic mass is 35.5. The van der Waals surface area contributed by atoms with Crippen molar-refractivity contribution in [3.63, 3.8) is 0 Å². The molecule has 6 atom stereocenters. The lowest BCUT2D eigenvalue weighted by Gasteiger charge is -2.47. The maximum atomic E-state index is 14.5. The fraction of sp³-hybridized carbons (Fsp3) is 0.258. The molecule has 2 fully saturated rings. The molecule has 2 saturated heterocycles. The van der Waals surface area contributed by atoms with Crippen LogP contribution in [0.3, 0.4) is 0 Å². The SMILES string of the molecule is Cc1nc2ccc(-n3ncnc3[C@@H]3O[C@@H]4COC(c5ccccc5)O[C@@H]4[C@H](n4cc(-c5cc(F)c(Cl)c(Cl)c5)nn4)[C@H]3O)cc2s1. The van der Waals surface area contributed by atoms with Crippen LogP contribution in [0.4, 0.5) is 4.39 Å². The Morgan fingerprint density at radius 1 is 1.07 bits per heavy atom. The molecule has 2 aliphatic rings. The van der Waals surface area contributed by atoms with Gasteiger partial charge < -0.3 is 19.3 Å².